The summed E-state index contributed by atoms with van der Waals surface area (Å²) in [5.41, 5.74) is 7.93. The quantitative estimate of drug-likeness (QED) is 0.926. The lowest BCUT2D eigenvalue weighted by Crippen LogP contribution is -2.35. The monoisotopic (exact) mass is 299 g/mol. The maximum absolute atomic E-state index is 6.53. The normalized spacial score (nSPS) is 21.4. The molecule has 1 aliphatic rings. The van der Waals surface area contributed by atoms with E-state index in [2.05, 4.69) is 34.9 Å². The minimum atomic E-state index is 0.0830. The first-order valence-corrected chi connectivity index (χ1v) is 7.34. The van der Waals surface area contributed by atoms with E-state index in [4.69, 9.17) is 5.73 Å². The summed E-state index contributed by atoms with van der Waals surface area (Å²) in [6.45, 7) is 5.32. The third-order valence-corrected chi connectivity index (χ3v) is 4.78. The van der Waals surface area contributed by atoms with Crippen LogP contribution in [0.3, 0.4) is 0 Å². The van der Waals surface area contributed by atoms with Gasteiger partial charge in [-0.25, -0.2) is 0 Å². The van der Waals surface area contributed by atoms with Gasteiger partial charge in [-0.05, 0) is 41.1 Å². The Balaban J connectivity index is 2.28. The molecule has 3 nitrogen and oxygen atoms in total. The molecule has 1 heterocycles. The van der Waals surface area contributed by atoms with Crippen LogP contribution in [0.1, 0.15) is 57.7 Å². The van der Waals surface area contributed by atoms with Gasteiger partial charge in [0.1, 0.15) is 0 Å². The fourth-order valence-electron chi connectivity index (χ4n) is 2.93. The lowest BCUT2D eigenvalue weighted by atomic mass is 9.70. The van der Waals surface area contributed by atoms with Gasteiger partial charge in [0.2, 0.25) is 0 Å². The van der Waals surface area contributed by atoms with E-state index < -0.39 is 0 Å². The Hall–Kier alpha value is -0.350. The summed E-state index contributed by atoms with van der Waals surface area (Å²) in [7, 11) is 0. The zero-order valence-electron chi connectivity index (χ0n) is 10.7. The van der Waals surface area contributed by atoms with E-state index in [1.54, 1.807) is 0 Å². The van der Waals surface area contributed by atoms with Crippen molar-refractivity contribution in [1.29, 1.82) is 0 Å². The van der Waals surface area contributed by atoms with Crippen molar-refractivity contribution < 1.29 is 0 Å². The van der Waals surface area contributed by atoms with Crippen molar-refractivity contribution in [2.45, 2.75) is 58.5 Å². The van der Waals surface area contributed by atoms with E-state index in [9.17, 15) is 0 Å². The Morgan fingerprint density at radius 1 is 1.47 bits per heavy atom. The molecular formula is C13H22BrN3. The smallest absolute Gasteiger partial charge is 0.0698 e. The molecule has 1 unspecified atom stereocenters. The summed E-state index contributed by atoms with van der Waals surface area (Å²) in [6.07, 6.45) is 8.30. The first-order valence-electron chi connectivity index (χ1n) is 6.55. The molecule has 2 rings (SSSR count). The topological polar surface area (TPSA) is 43.8 Å². The molecule has 1 aliphatic carbocycles. The van der Waals surface area contributed by atoms with Crippen molar-refractivity contribution in [2.75, 3.05) is 0 Å². The van der Waals surface area contributed by atoms with Crippen LogP contribution in [-0.4, -0.2) is 9.78 Å². The van der Waals surface area contributed by atoms with Gasteiger partial charge in [0, 0.05) is 6.54 Å². The molecular weight excluding hydrogens is 278 g/mol. The third-order valence-electron chi connectivity index (χ3n) is 4.17. The minimum Gasteiger partial charge on any atom is -0.322 e. The molecule has 1 saturated carbocycles. The number of hydrogen-bond acceptors (Lipinski definition) is 2. The summed E-state index contributed by atoms with van der Waals surface area (Å²) in [4.78, 5) is 0. The van der Waals surface area contributed by atoms with E-state index in [0.717, 1.165) is 16.7 Å². The van der Waals surface area contributed by atoms with Gasteiger partial charge in [-0.1, -0.05) is 26.2 Å². The van der Waals surface area contributed by atoms with E-state index in [1.165, 1.54) is 32.1 Å². The van der Waals surface area contributed by atoms with Crippen molar-refractivity contribution in [3.8, 4) is 0 Å². The highest BCUT2D eigenvalue weighted by atomic mass is 79.9. The molecule has 0 amide bonds. The number of nitrogens with two attached hydrogens (primary N) is 1. The number of rotatable bonds is 3. The van der Waals surface area contributed by atoms with Gasteiger partial charge in [-0.15, -0.1) is 0 Å². The second-order valence-electron chi connectivity index (χ2n) is 5.39. The molecule has 1 fully saturated rings. The van der Waals surface area contributed by atoms with Crippen LogP contribution < -0.4 is 5.73 Å². The van der Waals surface area contributed by atoms with Crippen molar-refractivity contribution >= 4 is 15.9 Å². The van der Waals surface area contributed by atoms with E-state index in [1.807, 2.05) is 10.9 Å². The molecule has 0 radical (unpaired) electrons. The van der Waals surface area contributed by atoms with Gasteiger partial charge in [0.15, 0.2) is 0 Å². The maximum atomic E-state index is 6.53. The van der Waals surface area contributed by atoms with Crippen LogP contribution in [0.15, 0.2) is 10.7 Å². The van der Waals surface area contributed by atoms with Gasteiger partial charge in [-0.2, -0.15) is 5.10 Å². The molecule has 1 atom stereocenters. The zero-order chi connectivity index (χ0) is 12.5. The summed E-state index contributed by atoms with van der Waals surface area (Å²) < 4.78 is 3.08. The summed E-state index contributed by atoms with van der Waals surface area (Å²) in [5, 5.41) is 4.37. The number of aromatic nitrogens is 2. The number of halogens is 1. The molecule has 1 aromatic heterocycles. The lowest BCUT2D eigenvalue weighted by Gasteiger charge is -2.39. The first-order chi connectivity index (χ1) is 8.08. The average Bonchev–Trinajstić information content (AvgIpc) is 2.70. The summed E-state index contributed by atoms with van der Waals surface area (Å²) >= 11 is 3.59. The number of hydrogen-bond donors (Lipinski definition) is 1. The average molecular weight is 300 g/mol. The van der Waals surface area contributed by atoms with Gasteiger partial charge in [0.25, 0.3) is 0 Å². The van der Waals surface area contributed by atoms with Crippen LogP contribution in [0.4, 0.5) is 0 Å². The van der Waals surface area contributed by atoms with Crippen LogP contribution in [0.25, 0.3) is 0 Å². The predicted molar refractivity (Wildman–Crippen MR) is 73.7 cm³/mol. The Morgan fingerprint density at radius 3 is 2.71 bits per heavy atom. The van der Waals surface area contributed by atoms with E-state index in [0.29, 0.717) is 0 Å². The Kier molecular flexibility index (Phi) is 3.93. The van der Waals surface area contributed by atoms with Gasteiger partial charge < -0.3 is 5.73 Å². The third kappa shape index (κ3) is 2.43. The summed E-state index contributed by atoms with van der Waals surface area (Å²) in [6, 6.07) is 0.0830. The van der Waals surface area contributed by atoms with Crippen LogP contribution >= 0.6 is 15.9 Å². The SMILES string of the molecule is CCn1ncc(Br)c1C(N)C1(C)CCCCC1. The molecule has 1 aromatic rings. The standard InChI is InChI=1S/C13H22BrN3/c1-3-17-11(10(14)9-16-17)12(15)13(2)7-5-4-6-8-13/h9,12H,3-8,15H2,1-2H3. The number of nitrogens with zero attached hydrogens (tertiary/aromatic N) is 2. The molecule has 0 aromatic carbocycles. The van der Waals surface area contributed by atoms with Crippen LogP contribution in [0.5, 0.6) is 0 Å². The van der Waals surface area contributed by atoms with Crippen LogP contribution in [0, 0.1) is 5.41 Å². The largest absolute Gasteiger partial charge is 0.322 e. The van der Waals surface area contributed by atoms with Crippen molar-refractivity contribution in [2.24, 2.45) is 11.1 Å². The van der Waals surface area contributed by atoms with Crippen molar-refractivity contribution in [3.63, 3.8) is 0 Å². The zero-order valence-corrected chi connectivity index (χ0v) is 12.3. The molecule has 0 bridgehead atoms. The molecule has 17 heavy (non-hydrogen) atoms. The van der Waals surface area contributed by atoms with Crippen LogP contribution in [-0.2, 0) is 6.54 Å². The van der Waals surface area contributed by atoms with Gasteiger partial charge in [-0.3, -0.25) is 4.68 Å². The van der Waals surface area contributed by atoms with Crippen molar-refractivity contribution in [3.05, 3.63) is 16.4 Å². The molecule has 2 N–H and O–H groups in total. The highest BCUT2D eigenvalue weighted by Gasteiger charge is 2.36. The van der Waals surface area contributed by atoms with Crippen LogP contribution in [0.2, 0.25) is 0 Å². The first kappa shape index (κ1) is 13.1. The second-order valence-corrected chi connectivity index (χ2v) is 6.24. The molecule has 0 aliphatic heterocycles. The predicted octanol–water partition coefficient (Wildman–Crippen LogP) is 3.64. The van der Waals surface area contributed by atoms with Gasteiger partial charge in [0.05, 0.1) is 22.4 Å². The van der Waals surface area contributed by atoms with E-state index >= 15 is 0 Å². The molecule has 96 valence electrons. The van der Waals surface area contributed by atoms with Gasteiger partial charge >= 0.3 is 0 Å². The lowest BCUT2D eigenvalue weighted by molar-refractivity contribution is 0.164. The minimum absolute atomic E-state index is 0.0830. The molecule has 0 saturated heterocycles. The maximum Gasteiger partial charge on any atom is 0.0698 e. The second kappa shape index (κ2) is 5.11. The highest BCUT2D eigenvalue weighted by Crippen LogP contribution is 2.45. The summed E-state index contributed by atoms with van der Waals surface area (Å²) in [5.74, 6) is 0. The fourth-order valence-corrected chi connectivity index (χ4v) is 3.48. The molecule has 4 heteroatoms. The number of aryl methyl sites for hydroxylation is 1. The van der Waals surface area contributed by atoms with E-state index in [-0.39, 0.29) is 11.5 Å². The van der Waals surface area contributed by atoms with Crippen molar-refractivity contribution in [1.82, 2.24) is 9.78 Å². The molecule has 0 spiro atoms. The Labute approximate surface area is 112 Å². The Morgan fingerprint density at radius 2 is 2.12 bits per heavy atom. The Bertz CT molecular complexity index is 380. The highest BCUT2D eigenvalue weighted by molar-refractivity contribution is 9.10. The fraction of sp³-hybridized carbons (Fsp3) is 0.769.